The Morgan fingerprint density at radius 3 is 3.05 bits per heavy atom. The summed E-state index contributed by atoms with van der Waals surface area (Å²) in [7, 11) is 0. The number of nitro groups is 1. The van der Waals surface area contributed by atoms with Gasteiger partial charge in [0, 0.05) is 44.2 Å². The number of benzene rings is 1. The first-order chi connectivity index (χ1) is 9.06. The normalized spacial score (nSPS) is 20.7. The fourth-order valence-corrected chi connectivity index (χ4v) is 2.24. The Labute approximate surface area is 111 Å². The summed E-state index contributed by atoms with van der Waals surface area (Å²) in [6.07, 6.45) is 0. The van der Waals surface area contributed by atoms with Gasteiger partial charge in [-0.05, 0) is 5.56 Å². The summed E-state index contributed by atoms with van der Waals surface area (Å²) in [6, 6.07) is 6.64. The van der Waals surface area contributed by atoms with E-state index >= 15 is 0 Å². The third-order valence-corrected chi connectivity index (χ3v) is 3.23. The molecule has 0 bridgehead atoms. The van der Waals surface area contributed by atoms with Crippen LogP contribution >= 0.6 is 0 Å². The number of amides is 1. The zero-order valence-electron chi connectivity index (χ0n) is 10.8. The van der Waals surface area contributed by atoms with Crippen LogP contribution in [0.1, 0.15) is 12.5 Å². The molecule has 0 aromatic heterocycles. The molecule has 1 heterocycles. The van der Waals surface area contributed by atoms with Gasteiger partial charge in [0.15, 0.2) is 0 Å². The molecule has 0 saturated carbocycles. The summed E-state index contributed by atoms with van der Waals surface area (Å²) >= 11 is 0. The van der Waals surface area contributed by atoms with Crippen molar-refractivity contribution in [3.8, 4) is 0 Å². The van der Waals surface area contributed by atoms with Gasteiger partial charge in [0.2, 0.25) is 5.91 Å². The molecule has 0 radical (unpaired) electrons. The first-order valence-corrected chi connectivity index (χ1v) is 6.29. The molecule has 1 aromatic rings. The van der Waals surface area contributed by atoms with Gasteiger partial charge in [0.25, 0.3) is 5.69 Å². The molecule has 0 aliphatic carbocycles. The summed E-state index contributed by atoms with van der Waals surface area (Å²) in [5.41, 5.74) is 1.00. The molecule has 2 rings (SSSR count). The molecule has 1 aliphatic heterocycles. The number of carbonyl (C=O) groups is 1. The van der Waals surface area contributed by atoms with Crippen molar-refractivity contribution < 1.29 is 9.72 Å². The van der Waals surface area contributed by atoms with E-state index in [4.69, 9.17) is 0 Å². The van der Waals surface area contributed by atoms with Crippen LogP contribution in [0.25, 0.3) is 0 Å². The third-order valence-electron chi connectivity index (χ3n) is 3.23. The smallest absolute Gasteiger partial charge is 0.269 e. The Kier molecular flexibility index (Phi) is 4.11. The molecular weight excluding hydrogens is 246 g/mol. The standard InChI is InChI=1S/C13H17N3O3/c1-10-8-15(6-5-14-13(10)17)9-11-3-2-4-12(7-11)16(18)19/h2-4,7,10H,5-6,8-9H2,1H3,(H,14,17). The molecule has 1 atom stereocenters. The van der Waals surface area contributed by atoms with Gasteiger partial charge in [0.05, 0.1) is 4.92 Å². The van der Waals surface area contributed by atoms with Crippen LogP contribution in [0, 0.1) is 16.0 Å². The van der Waals surface area contributed by atoms with Crippen LogP contribution < -0.4 is 5.32 Å². The molecule has 1 aromatic carbocycles. The van der Waals surface area contributed by atoms with Crippen LogP contribution in [0.15, 0.2) is 24.3 Å². The van der Waals surface area contributed by atoms with Crippen LogP contribution in [-0.4, -0.2) is 35.4 Å². The second-order valence-corrected chi connectivity index (χ2v) is 4.85. The molecule has 102 valence electrons. The predicted molar refractivity (Wildman–Crippen MR) is 70.5 cm³/mol. The van der Waals surface area contributed by atoms with Gasteiger partial charge in [-0.3, -0.25) is 19.8 Å². The lowest BCUT2D eigenvalue weighted by Crippen LogP contribution is -2.29. The number of nitro benzene ring substituents is 1. The minimum Gasteiger partial charge on any atom is -0.355 e. The van der Waals surface area contributed by atoms with Crippen LogP contribution in [-0.2, 0) is 11.3 Å². The van der Waals surface area contributed by atoms with Gasteiger partial charge < -0.3 is 5.32 Å². The highest BCUT2D eigenvalue weighted by atomic mass is 16.6. The van der Waals surface area contributed by atoms with E-state index in [1.165, 1.54) is 6.07 Å². The quantitative estimate of drug-likeness (QED) is 0.656. The first kappa shape index (κ1) is 13.5. The zero-order valence-corrected chi connectivity index (χ0v) is 10.8. The van der Waals surface area contributed by atoms with Gasteiger partial charge >= 0.3 is 0 Å². The number of carbonyl (C=O) groups excluding carboxylic acids is 1. The maximum atomic E-state index is 11.5. The Bertz CT molecular complexity index is 490. The Morgan fingerprint density at radius 1 is 1.53 bits per heavy atom. The average Bonchev–Trinajstić information content (AvgIpc) is 2.52. The van der Waals surface area contributed by atoms with Gasteiger partial charge in [0.1, 0.15) is 0 Å². The minimum atomic E-state index is -0.389. The highest BCUT2D eigenvalue weighted by Gasteiger charge is 2.21. The van der Waals surface area contributed by atoms with E-state index in [1.54, 1.807) is 12.1 Å². The van der Waals surface area contributed by atoms with Crippen molar-refractivity contribution in [2.45, 2.75) is 13.5 Å². The first-order valence-electron chi connectivity index (χ1n) is 6.29. The number of hydrogen-bond acceptors (Lipinski definition) is 4. The van der Waals surface area contributed by atoms with E-state index in [0.29, 0.717) is 19.6 Å². The van der Waals surface area contributed by atoms with E-state index in [-0.39, 0.29) is 22.4 Å². The maximum Gasteiger partial charge on any atom is 0.269 e. The average molecular weight is 263 g/mol. The highest BCUT2D eigenvalue weighted by Crippen LogP contribution is 2.16. The zero-order chi connectivity index (χ0) is 13.8. The lowest BCUT2D eigenvalue weighted by atomic mass is 10.1. The summed E-state index contributed by atoms with van der Waals surface area (Å²) in [4.78, 5) is 24.0. The minimum absolute atomic E-state index is 0.0544. The van der Waals surface area contributed by atoms with Gasteiger partial charge in [-0.15, -0.1) is 0 Å². The molecule has 19 heavy (non-hydrogen) atoms. The fourth-order valence-electron chi connectivity index (χ4n) is 2.24. The van der Waals surface area contributed by atoms with E-state index in [2.05, 4.69) is 10.2 Å². The largest absolute Gasteiger partial charge is 0.355 e. The molecular formula is C13H17N3O3. The van der Waals surface area contributed by atoms with Crippen LogP contribution in [0.3, 0.4) is 0 Å². The number of nitrogens with zero attached hydrogens (tertiary/aromatic N) is 2. The van der Waals surface area contributed by atoms with E-state index < -0.39 is 0 Å². The number of nitrogens with one attached hydrogen (secondary N) is 1. The van der Waals surface area contributed by atoms with Crippen LogP contribution in [0.2, 0.25) is 0 Å². The molecule has 1 amide bonds. The van der Waals surface area contributed by atoms with E-state index in [0.717, 1.165) is 12.1 Å². The van der Waals surface area contributed by atoms with Crippen molar-refractivity contribution in [1.29, 1.82) is 0 Å². The molecule has 0 spiro atoms. The molecule has 1 saturated heterocycles. The van der Waals surface area contributed by atoms with Crippen molar-refractivity contribution in [2.75, 3.05) is 19.6 Å². The Morgan fingerprint density at radius 2 is 2.32 bits per heavy atom. The fraction of sp³-hybridized carbons (Fsp3) is 0.462. The SMILES string of the molecule is CC1CN(Cc2cccc([N+](=O)[O-])c2)CCNC1=O. The molecule has 6 heteroatoms. The van der Waals surface area contributed by atoms with Crippen molar-refractivity contribution in [1.82, 2.24) is 10.2 Å². The summed E-state index contributed by atoms with van der Waals surface area (Å²) in [5.74, 6) is 0.0164. The summed E-state index contributed by atoms with van der Waals surface area (Å²) < 4.78 is 0. The monoisotopic (exact) mass is 263 g/mol. The highest BCUT2D eigenvalue weighted by molar-refractivity contribution is 5.78. The summed E-state index contributed by atoms with van der Waals surface area (Å²) in [5, 5.41) is 13.6. The topological polar surface area (TPSA) is 75.5 Å². The summed E-state index contributed by atoms with van der Waals surface area (Å²) in [6.45, 7) is 4.58. The molecule has 1 unspecified atom stereocenters. The Balaban J connectivity index is 2.06. The lowest BCUT2D eigenvalue weighted by Gasteiger charge is -2.20. The number of non-ortho nitro benzene ring substituents is 1. The predicted octanol–water partition coefficient (Wildman–Crippen LogP) is 1.16. The van der Waals surface area contributed by atoms with Crippen LogP contribution in [0.5, 0.6) is 0 Å². The van der Waals surface area contributed by atoms with Crippen molar-refractivity contribution in [3.05, 3.63) is 39.9 Å². The number of hydrogen-bond donors (Lipinski definition) is 1. The second-order valence-electron chi connectivity index (χ2n) is 4.85. The maximum absolute atomic E-state index is 11.5. The van der Waals surface area contributed by atoms with Gasteiger partial charge in [-0.2, -0.15) is 0 Å². The van der Waals surface area contributed by atoms with Gasteiger partial charge in [-0.1, -0.05) is 19.1 Å². The molecule has 1 N–H and O–H groups in total. The molecule has 1 fully saturated rings. The number of rotatable bonds is 3. The second kappa shape index (κ2) is 5.79. The van der Waals surface area contributed by atoms with Crippen molar-refractivity contribution in [3.63, 3.8) is 0 Å². The van der Waals surface area contributed by atoms with Crippen molar-refractivity contribution in [2.24, 2.45) is 5.92 Å². The van der Waals surface area contributed by atoms with Crippen LogP contribution in [0.4, 0.5) is 5.69 Å². The molecule has 6 nitrogen and oxygen atoms in total. The van der Waals surface area contributed by atoms with E-state index in [1.807, 2.05) is 13.0 Å². The third kappa shape index (κ3) is 3.51. The van der Waals surface area contributed by atoms with Crippen molar-refractivity contribution >= 4 is 11.6 Å². The van der Waals surface area contributed by atoms with E-state index in [9.17, 15) is 14.9 Å². The van der Waals surface area contributed by atoms with Gasteiger partial charge in [-0.25, -0.2) is 0 Å². The lowest BCUT2D eigenvalue weighted by molar-refractivity contribution is -0.384. The molecule has 1 aliphatic rings. The Hall–Kier alpha value is -1.95.